The van der Waals surface area contributed by atoms with Crippen molar-refractivity contribution in [3.63, 3.8) is 0 Å². The second-order valence-electron chi connectivity index (χ2n) is 4.26. The molecule has 1 aliphatic rings. The third-order valence-electron chi connectivity index (χ3n) is 2.83. The summed E-state index contributed by atoms with van der Waals surface area (Å²) in [6, 6.07) is 1.95. The van der Waals surface area contributed by atoms with Crippen LogP contribution in [0.1, 0.15) is 12.1 Å². The number of aromatic nitrogens is 1. The van der Waals surface area contributed by atoms with Gasteiger partial charge in [0.25, 0.3) is 0 Å². The van der Waals surface area contributed by atoms with Crippen LogP contribution in [0.25, 0.3) is 6.08 Å². The summed E-state index contributed by atoms with van der Waals surface area (Å²) < 4.78 is 9.28. The molecule has 0 bridgehead atoms. The fraction of sp³-hybridized carbons (Fsp3) is 0.385. The Hall–Kier alpha value is -1.27. The molecular weight excluding hydrogens is 280 g/mol. The first kappa shape index (κ1) is 14.1. The molecule has 0 aliphatic carbocycles. The predicted molar refractivity (Wildman–Crippen MR) is 80.6 cm³/mol. The van der Waals surface area contributed by atoms with Crippen LogP contribution in [0.4, 0.5) is 4.79 Å². The number of nitrogens with zero attached hydrogens (tertiary/aromatic N) is 2. The van der Waals surface area contributed by atoms with Gasteiger partial charge in [0.05, 0.1) is 11.7 Å². The Kier molecular flexibility index (Phi) is 5.04. The molecule has 6 heteroatoms. The van der Waals surface area contributed by atoms with E-state index in [9.17, 15) is 4.79 Å². The van der Waals surface area contributed by atoms with Gasteiger partial charge in [-0.25, -0.2) is 4.79 Å². The molecule has 1 aromatic rings. The minimum Gasteiger partial charge on any atom is -0.445 e. The minimum absolute atomic E-state index is 0.0153. The lowest BCUT2D eigenvalue weighted by Crippen LogP contribution is -2.35. The molecule has 2 rings (SSSR count). The molecule has 2 heterocycles. The Morgan fingerprint density at radius 3 is 3.26 bits per heavy atom. The van der Waals surface area contributed by atoms with Crippen molar-refractivity contribution < 1.29 is 9.53 Å². The first-order valence-electron chi connectivity index (χ1n) is 6.01. The third-order valence-corrected chi connectivity index (χ3v) is 3.78. The molecule has 4 nitrogen and oxygen atoms in total. The normalized spacial score (nSPS) is 22.9. The van der Waals surface area contributed by atoms with Crippen molar-refractivity contribution in [1.29, 1.82) is 0 Å². The van der Waals surface area contributed by atoms with Crippen LogP contribution in [-0.2, 0) is 4.74 Å². The van der Waals surface area contributed by atoms with Gasteiger partial charge < -0.3 is 9.64 Å². The number of ether oxygens (including phenoxy) is 1. The van der Waals surface area contributed by atoms with E-state index in [4.69, 9.17) is 4.74 Å². The van der Waals surface area contributed by atoms with Gasteiger partial charge in [-0.3, -0.25) is 0 Å². The van der Waals surface area contributed by atoms with E-state index in [1.54, 1.807) is 11.0 Å². The molecule has 1 aliphatic heterocycles. The van der Waals surface area contributed by atoms with Gasteiger partial charge in [-0.05, 0) is 30.1 Å². The Morgan fingerprint density at radius 1 is 1.74 bits per heavy atom. The van der Waals surface area contributed by atoms with Crippen molar-refractivity contribution in [3.8, 4) is 0 Å². The number of carbonyl (C=O) groups is 1. The SMILES string of the molecule is C=CCOC(=O)N1C[C@H](S)C[C@H]1/C=C/c1ccsn1. The van der Waals surface area contributed by atoms with Gasteiger partial charge in [-0.15, -0.1) is 0 Å². The fourth-order valence-electron chi connectivity index (χ4n) is 1.97. The molecule has 0 saturated carbocycles. The highest BCUT2D eigenvalue weighted by molar-refractivity contribution is 7.81. The maximum Gasteiger partial charge on any atom is 0.410 e. The number of hydrogen-bond donors (Lipinski definition) is 1. The van der Waals surface area contributed by atoms with Crippen LogP contribution in [0.3, 0.4) is 0 Å². The maximum absolute atomic E-state index is 11.9. The summed E-state index contributed by atoms with van der Waals surface area (Å²) in [6.45, 7) is 4.36. The van der Waals surface area contributed by atoms with Crippen LogP contribution in [0.5, 0.6) is 0 Å². The molecule has 0 N–H and O–H groups in total. The van der Waals surface area contributed by atoms with Gasteiger partial charge in [0.15, 0.2) is 0 Å². The van der Waals surface area contributed by atoms with Gasteiger partial charge in [0.1, 0.15) is 6.61 Å². The quantitative estimate of drug-likeness (QED) is 0.686. The zero-order chi connectivity index (χ0) is 13.7. The van der Waals surface area contributed by atoms with Crippen molar-refractivity contribution in [3.05, 3.63) is 35.9 Å². The van der Waals surface area contributed by atoms with E-state index in [0.29, 0.717) is 6.54 Å². The average molecular weight is 296 g/mol. The van der Waals surface area contributed by atoms with Crippen molar-refractivity contribution in [2.24, 2.45) is 0 Å². The van der Waals surface area contributed by atoms with Gasteiger partial charge in [-0.1, -0.05) is 18.7 Å². The van der Waals surface area contributed by atoms with Gasteiger partial charge in [0, 0.05) is 17.2 Å². The zero-order valence-corrected chi connectivity index (χ0v) is 12.1. The lowest BCUT2D eigenvalue weighted by Gasteiger charge is -2.20. The van der Waals surface area contributed by atoms with Gasteiger partial charge in [0.2, 0.25) is 0 Å². The molecule has 19 heavy (non-hydrogen) atoms. The first-order valence-corrected chi connectivity index (χ1v) is 7.37. The van der Waals surface area contributed by atoms with Crippen molar-refractivity contribution in [2.75, 3.05) is 13.2 Å². The standard InChI is InChI=1S/C13H16N2O2S2/c1-2-6-17-13(16)15-9-12(18)8-11(15)4-3-10-5-7-19-14-10/h2-5,7,11-12,18H,1,6,8-9H2/b4-3+/t11-,12-/m1/s1. The molecule has 0 radical (unpaired) electrons. The molecule has 1 amide bonds. The van der Waals surface area contributed by atoms with Crippen molar-refractivity contribution in [1.82, 2.24) is 9.27 Å². The molecule has 0 aromatic carbocycles. The Bertz CT molecular complexity index is 459. The van der Waals surface area contributed by atoms with Crippen LogP contribution in [0, 0.1) is 0 Å². The van der Waals surface area contributed by atoms with Crippen molar-refractivity contribution >= 4 is 36.3 Å². The highest BCUT2D eigenvalue weighted by atomic mass is 32.1. The molecule has 102 valence electrons. The summed E-state index contributed by atoms with van der Waals surface area (Å²) in [5, 5.41) is 2.10. The lowest BCUT2D eigenvalue weighted by molar-refractivity contribution is 0.114. The number of thiol groups is 1. The molecule has 1 fully saturated rings. The monoisotopic (exact) mass is 296 g/mol. The first-order chi connectivity index (χ1) is 9.20. The molecule has 0 spiro atoms. The van der Waals surface area contributed by atoms with E-state index >= 15 is 0 Å². The van der Waals surface area contributed by atoms with E-state index in [0.717, 1.165) is 12.1 Å². The molecule has 0 unspecified atom stereocenters. The highest BCUT2D eigenvalue weighted by Crippen LogP contribution is 2.24. The number of carbonyl (C=O) groups excluding carboxylic acids is 1. The number of likely N-dealkylation sites (tertiary alicyclic amines) is 1. The second-order valence-corrected chi connectivity index (χ2v) is 5.65. The van der Waals surface area contributed by atoms with Gasteiger partial charge in [-0.2, -0.15) is 17.0 Å². The number of amides is 1. The summed E-state index contributed by atoms with van der Waals surface area (Å²) >= 11 is 5.86. The smallest absolute Gasteiger partial charge is 0.410 e. The lowest BCUT2D eigenvalue weighted by atomic mass is 10.2. The predicted octanol–water partition coefficient (Wildman–Crippen LogP) is 2.85. The van der Waals surface area contributed by atoms with E-state index in [1.807, 2.05) is 23.6 Å². The maximum atomic E-state index is 11.9. The van der Waals surface area contributed by atoms with Crippen LogP contribution in [-0.4, -0.2) is 39.8 Å². The van der Waals surface area contributed by atoms with Crippen LogP contribution >= 0.6 is 24.2 Å². The Balaban J connectivity index is 2.00. The van der Waals surface area contributed by atoms with Crippen LogP contribution < -0.4 is 0 Å². The molecule has 1 saturated heterocycles. The summed E-state index contributed by atoms with van der Waals surface area (Å²) in [5.41, 5.74) is 0.909. The zero-order valence-electron chi connectivity index (χ0n) is 10.4. The molecule has 1 aromatic heterocycles. The number of rotatable bonds is 4. The van der Waals surface area contributed by atoms with E-state index in [-0.39, 0.29) is 24.0 Å². The number of hydrogen-bond acceptors (Lipinski definition) is 5. The van der Waals surface area contributed by atoms with E-state index in [1.165, 1.54) is 11.5 Å². The Morgan fingerprint density at radius 2 is 2.58 bits per heavy atom. The minimum atomic E-state index is -0.315. The third kappa shape index (κ3) is 3.84. The van der Waals surface area contributed by atoms with E-state index in [2.05, 4.69) is 23.6 Å². The Labute approximate surface area is 122 Å². The average Bonchev–Trinajstić information content (AvgIpc) is 3.02. The van der Waals surface area contributed by atoms with Gasteiger partial charge >= 0.3 is 6.09 Å². The summed E-state index contributed by atoms with van der Waals surface area (Å²) in [4.78, 5) is 13.6. The second kappa shape index (κ2) is 6.77. The molecular formula is C13H16N2O2S2. The summed E-state index contributed by atoms with van der Waals surface area (Å²) in [5.74, 6) is 0. The largest absolute Gasteiger partial charge is 0.445 e. The fourth-order valence-corrected chi connectivity index (χ4v) is 2.86. The van der Waals surface area contributed by atoms with Crippen LogP contribution in [0.2, 0.25) is 0 Å². The highest BCUT2D eigenvalue weighted by Gasteiger charge is 2.32. The summed E-state index contributed by atoms with van der Waals surface area (Å²) in [6.07, 6.45) is 5.99. The van der Waals surface area contributed by atoms with E-state index < -0.39 is 0 Å². The van der Waals surface area contributed by atoms with Crippen LogP contribution in [0.15, 0.2) is 30.2 Å². The van der Waals surface area contributed by atoms with Crippen molar-refractivity contribution in [2.45, 2.75) is 17.7 Å². The molecule has 2 atom stereocenters. The summed E-state index contributed by atoms with van der Waals surface area (Å²) in [7, 11) is 0. The topological polar surface area (TPSA) is 42.4 Å².